The van der Waals surface area contributed by atoms with E-state index in [0.29, 0.717) is 28.4 Å². The number of aryl methyl sites for hydroxylation is 1. The topological polar surface area (TPSA) is 87.7 Å². The molecule has 38 heavy (non-hydrogen) atoms. The molecule has 7 nitrogen and oxygen atoms in total. The minimum Gasteiger partial charge on any atom is -0.446 e. The molecule has 1 fully saturated rings. The monoisotopic (exact) mass is 536 g/mol. The highest BCUT2D eigenvalue weighted by Crippen LogP contribution is 2.30. The van der Waals surface area contributed by atoms with E-state index in [0.717, 1.165) is 47.1 Å². The summed E-state index contributed by atoms with van der Waals surface area (Å²) in [7, 11) is 4.39. The third kappa shape index (κ3) is 7.57. The molecule has 1 aliphatic rings. The van der Waals surface area contributed by atoms with Gasteiger partial charge in [0.25, 0.3) is 0 Å². The lowest BCUT2D eigenvalue weighted by atomic mass is 9.99. The maximum absolute atomic E-state index is 12.7. The molecule has 200 valence electrons. The molecule has 0 unspecified atom stereocenters. The molecule has 0 aliphatic carbocycles. The van der Waals surface area contributed by atoms with Crippen molar-refractivity contribution >= 4 is 35.0 Å². The van der Waals surface area contributed by atoms with Crippen LogP contribution in [0.5, 0.6) is 0 Å². The van der Waals surface area contributed by atoms with Crippen LogP contribution >= 0.6 is 11.6 Å². The smallest absolute Gasteiger partial charge is 0.411 e. The quantitative estimate of drug-likeness (QED) is 0.315. The molecule has 0 aromatic heterocycles. The fourth-order valence-electron chi connectivity index (χ4n) is 4.60. The molecule has 3 N–H and O–H groups in total. The highest BCUT2D eigenvalue weighted by Gasteiger charge is 2.28. The van der Waals surface area contributed by atoms with E-state index < -0.39 is 6.09 Å². The van der Waals surface area contributed by atoms with E-state index in [1.807, 2.05) is 48.5 Å². The van der Waals surface area contributed by atoms with Crippen LogP contribution in [-0.2, 0) is 22.6 Å². The summed E-state index contributed by atoms with van der Waals surface area (Å²) in [6.07, 6.45) is 1.98. The van der Waals surface area contributed by atoms with Crippen molar-refractivity contribution in [1.82, 2.24) is 0 Å². The van der Waals surface area contributed by atoms with E-state index >= 15 is 0 Å². The molecule has 1 heterocycles. The van der Waals surface area contributed by atoms with E-state index in [-0.39, 0.29) is 25.0 Å². The number of benzene rings is 3. The summed E-state index contributed by atoms with van der Waals surface area (Å²) < 4.78 is 6.68. The number of quaternary nitrogens is 1. The molecule has 8 heteroatoms. The summed E-state index contributed by atoms with van der Waals surface area (Å²) in [4.78, 5) is 25.3. The second-order valence-electron chi connectivity index (χ2n) is 10.4. The number of likely N-dealkylation sites (tertiary alicyclic amines) is 1. The fourth-order valence-corrected chi connectivity index (χ4v) is 4.84. The Morgan fingerprint density at radius 2 is 1.74 bits per heavy atom. The molecule has 0 saturated carbocycles. The van der Waals surface area contributed by atoms with Crippen LogP contribution in [0.2, 0.25) is 5.02 Å². The zero-order chi connectivity index (χ0) is 27.1. The SMILES string of the molecule is C[N+]1(C)CCC(OC(=O)Nc2ccc(CCC(=O)Nc3ccc(CO)c(Cl)c3)cc2-c2ccccc2)CC1. The molecule has 0 bridgehead atoms. The zero-order valence-electron chi connectivity index (χ0n) is 21.9. The van der Waals surface area contributed by atoms with E-state index in [2.05, 4.69) is 24.7 Å². The van der Waals surface area contributed by atoms with Crippen molar-refractivity contribution in [1.29, 1.82) is 0 Å². The van der Waals surface area contributed by atoms with Crippen molar-refractivity contribution in [3.8, 4) is 11.1 Å². The Labute approximate surface area is 229 Å². The van der Waals surface area contributed by atoms with Crippen molar-refractivity contribution in [2.24, 2.45) is 0 Å². The number of aliphatic hydroxyl groups excluding tert-OH is 1. The second kappa shape index (κ2) is 12.4. The number of amides is 2. The normalized spacial score (nSPS) is 15.1. The average Bonchev–Trinajstić information content (AvgIpc) is 2.90. The predicted octanol–water partition coefficient (Wildman–Crippen LogP) is 5.86. The fraction of sp³-hybridized carbons (Fsp3) is 0.333. The molecule has 2 amide bonds. The summed E-state index contributed by atoms with van der Waals surface area (Å²) in [6, 6.07) is 20.7. The molecular formula is C30H35ClN3O4+. The first-order valence-electron chi connectivity index (χ1n) is 12.9. The Morgan fingerprint density at radius 3 is 2.42 bits per heavy atom. The number of carbonyl (C=O) groups is 2. The standard InChI is InChI=1S/C30H34ClN3O4/c1-34(2)16-14-25(15-17-34)38-30(37)33-28-12-8-21(18-26(28)22-6-4-3-5-7-22)9-13-29(36)32-24-11-10-23(20-35)27(31)19-24/h3-8,10-12,18-19,25,35H,9,13-17,20H2,1-2H3,(H-,32,33,36,37)/p+1. The van der Waals surface area contributed by atoms with Gasteiger partial charge in [-0.25, -0.2) is 4.79 Å². The zero-order valence-corrected chi connectivity index (χ0v) is 22.6. The van der Waals surface area contributed by atoms with Gasteiger partial charge in [-0.15, -0.1) is 0 Å². The van der Waals surface area contributed by atoms with E-state index in [4.69, 9.17) is 16.3 Å². The van der Waals surface area contributed by atoms with Crippen molar-refractivity contribution < 1.29 is 23.9 Å². The van der Waals surface area contributed by atoms with Crippen molar-refractivity contribution in [2.45, 2.75) is 38.4 Å². The van der Waals surface area contributed by atoms with Crippen LogP contribution in [0.1, 0.15) is 30.4 Å². The van der Waals surface area contributed by atoms with Crippen LogP contribution in [0, 0.1) is 0 Å². The first-order valence-corrected chi connectivity index (χ1v) is 13.3. The lowest BCUT2D eigenvalue weighted by molar-refractivity contribution is -0.896. The van der Waals surface area contributed by atoms with E-state index in [1.165, 1.54) is 0 Å². The number of hydrogen-bond donors (Lipinski definition) is 3. The summed E-state index contributed by atoms with van der Waals surface area (Å²) in [5.41, 5.74) is 4.66. The third-order valence-corrected chi connectivity index (χ3v) is 7.29. The van der Waals surface area contributed by atoms with E-state index in [1.54, 1.807) is 18.2 Å². The molecule has 1 saturated heterocycles. The van der Waals surface area contributed by atoms with Crippen LogP contribution in [0.4, 0.5) is 16.2 Å². The van der Waals surface area contributed by atoms with Gasteiger partial charge >= 0.3 is 6.09 Å². The van der Waals surface area contributed by atoms with E-state index in [9.17, 15) is 14.7 Å². The van der Waals surface area contributed by atoms with Gasteiger partial charge in [-0.2, -0.15) is 0 Å². The Kier molecular flexibility index (Phi) is 9.05. The van der Waals surface area contributed by atoms with Crippen LogP contribution in [-0.4, -0.2) is 54.9 Å². The van der Waals surface area contributed by atoms with Gasteiger partial charge < -0.3 is 19.6 Å². The van der Waals surface area contributed by atoms with Gasteiger partial charge in [-0.3, -0.25) is 10.1 Å². The molecule has 0 atom stereocenters. The second-order valence-corrected chi connectivity index (χ2v) is 10.8. The minimum absolute atomic E-state index is 0.0752. The number of anilines is 2. The van der Waals surface area contributed by atoms with Gasteiger partial charge in [0.15, 0.2) is 0 Å². The Hall–Kier alpha value is -3.39. The number of halogens is 1. The van der Waals surface area contributed by atoms with Crippen molar-refractivity contribution in [3.63, 3.8) is 0 Å². The number of piperidine rings is 1. The van der Waals surface area contributed by atoms with Gasteiger partial charge in [0.2, 0.25) is 5.91 Å². The summed E-state index contributed by atoms with van der Waals surface area (Å²) in [5, 5.41) is 15.5. The highest BCUT2D eigenvalue weighted by molar-refractivity contribution is 6.31. The molecule has 1 aliphatic heterocycles. The van der Waals surface area contributed by atoms with Gasteiger partial charge in [-0.05, 0) is 47.4 Å². The molecular weight excluding hydrogens is 502 g/mol. The predicted molar refractivity (Wildman–Crippen MR) is 151 cm³/mol. The summed E-state index contributed by atoms with van der Waals surface area (Å²) in [5.74, 6) is -0.140. The van der Waals surface area contributed by atoms with Crippen molar-refractivity contribution in [3.05, 3.63) is 82.9 Å². The first kappa shape index (κ1) is 27.6. The number of rotatable bonds is 8. The summed E-state index contributed by atoms with van der Waals surface area (Å²) >= 11 is 6.13. The number of aliphatic hydroxyl groups is 1. The lowest BCUT2D eigenvalue weighted by Gasteiger charge is -2.36. The van der Waals surface area contributed by atoms with Crippen LogP contribution in [0.15, 0.2) is 66.7 Å². The Bertz CT molecular complexity index is 1270. The number of ether oxygens (including phenoxy) is 1. The largest absolute Gasteiger partial charge is 0.446 e. The Morgan fingerprint density at radius 1 is 1.00 bits per heavy atom. The van der Waals surface area contributed by atoms with Crippen LogP contribution in [0.3, 0.4) is 0 Å². The Balaban J connectivity index is 1.41. The molecule has 4 rings (SSSR count). The molecule has 3 aromatic carbocycles. The maximum Gasteiger partial charge on any atom is 0.411 e. The lowest BCUT2D eigenvalue weighted by Crippen LogP contribution is -2.48. The van der Waals surface area contributed by atoms with Crippen LogP contribution < -0.4 is 10.6 Å². The number of carbonyl (C=O) groups excluding carboxylic acids is 2. The van der Waals surface area contributed by atoms with Crippen molar-refractivity contribution in [2.75, 3.05) is 37.8 Å². The highest BCUT2D eigenvalue weighted by atomic mass is 35.5. The minimum atomic E-state index is -0.447. The van der Waals surface area contributed by atoms with Gasteiger partial charge in [0.1, 0.15) is 6.10 Å². The van der Waals surface area contributed by atoms with Gasteiger partial charge in [0.05, 0.1) is 39.5 Å². The molecule has 0 spiro atoms. The molecule has 3 aromatic rings. The third-order valence-electron chi connectivity index (χ3n) is 6.94. The first-order chi connectivity index (χ1) is 18.2. The average molecular weight is 537 g/mol. The number of nitrogens with zero attached hydrogens (tertiary/aromatic N) is 1. The van der Waals surface area contributed by atoms with Gasteiger partial charge in [0, 0.05) is 35.5 Å². The molecule has 0 radical (unpaired) electrons. The van der Waals surface area contributed by atoms with Crippen LogP contribution in [0.25, 0.3) is 11.1 Å². The van der Waals surface area contributed by atoms with Gasteiger partial charge in [-0.1, -0.05) is 54.1 Å². The summed E-state index contributed by atoms with van der Waals surface area (Å²) in [6.45, 7) is 1.81. The number of hydrogen-bond acceptors (Lipinski definition) is 4. The number of nitrogens with one attached hydrogen (secondary N) is 2. The maximum atomic E-state index is 12.7.